The molecule has 0 amide bonds. The van der Waals surface area contributed by atoms with Gasteiger partial charge >= 0.3 is 5.97 Å². The summed E-state index contributed by atoms with van der Waals surface area (Å²) in [6.07, 6.45) is 6.62. The fraction of sp³-hybridized carbons (Fsp3) is 0.444. The van der Waals surface area contributed by atoms with Crippen molar-refractivity contribution >= 4 is 23.4 Å². The zero-order chi connectivity index (χ0) is 17.5. The quantitative estimate of drug-likeness (QED) is 0.837. The molecule has 3 rings (SSSR count). The van der Waals surface area contributed by atoms with Gasteiger partial charge in [0, 0.05) is 18.8 Å². The molecule has 0 radical (unpaired) electrons. The zero-order valence-electron chi connectivity index (χ0n) is 14.4. The highest BCUT2D eigenvalue weighted by Crippen LogP contribution is 2.19. The van der Waals surface area contributed by atoms with E-state index in [1.54, 1.807) is 37.4 Å². The van der Waals surface area contributed by atoms with Crippen molar-refractivity contribution in [2.45, 2.75) is 32.6 Å². The van der Waals surface area contributed by atoms with Gasteiger partial charge in [-0.15, -0.1) is 5.10 Å². The molecular formula is C18H23N5O2. The molecule has 0 aliphatic carbocycles. The van der Waals surface area contributed by atoms with E-state index in [0.29, 0.717) is 18.1 Å². The number of nitrogens with one attached hydrogen (secondary N) is 1. The van der Waals surface area contributed by atoms with Crippen LogP contribution in [-0.2, 0) is 4.74 Å². The van der Waals surface area contributed by atoms with Crippen molar-refractivity contribution < 1.29 is 9.53 Å². The number of benzene rings is 1. The van der Waals surface area contributed by atoms with Crippen molar-refractivity contribution in [3.63, 3.8) is 0 Å². The second kappa shape index (κ2) is 8.41. The van der Waals surface area contributed by atoms with Crippen LogP contribution in [0, 0.1) is 0 Å². The summed E-state index contributed by atoms with van der Waals surface area (Å²) in [6.45, 7) is 4.16. The Morgan fingerprint density at radius 1 is 1.16 bits per heavy atom. The summed E-state index contributed by atoms with van der Waals surface area (Å²) < 4.78 is 4.98. The molecule has 1 saturated heterocycles. The van der Waals surface area contributed by atoms with Crippen LogP contribution in [0.3, 0.4) is 0 Å². The van der Waals surface area contributed by atoms with Crippen LogP contribution >= 0.6 is 0 Å². The first-order valence-corrected chi connectivity index (χ1v) is 8.75. The Bertz CT molecular complexity index is 697. The normalized spacial score (nSPS) is 14.7. The van der Waals surface area contributed by atoms with Crippen molar-refractivity contribution in [1.29, 1.82) is 0 Å². The lowest BCUT2D eigenvalue weighted by atomic mass is 10.2. The molecule has 2 aromatic rings. The molecule has 1 aromatic carbocycles. The molecule has 0 saturated carbocycles. The van der Waals surface area contributed by atoms with E-state index in [9.17, 15) is 4.79 Å². The molecule has 1 fully saturated rings. The summed E-state index contributed by atoms with van der Waals surface area (Å²) in [5, 5.41) is 11.2. The lowest BCUT2D eigenvalue weighted by molar-refractivity contribution is 0.0526. The summed E-state index contributed by atoms with van der Waals surface area (Å²) >= 11 is 0. The maximum absolute atomic E-state index is 11.7. The lowest BCUT2D eigenvalue weighted by Gasteiger charge is -2.20. The minimum atomic E-state index is -0.324. The largest absolute Gasteiger partial charge is 0.462 e. The lowest BCUT2D eigenvalue weighted by Crippen LogP contribution is -2.25. The number of rotatable bonds is 5. The van der Waals surface area contributed by atoms with Crippen LogP contribution in [0.1, 0.15) is 43.0 Å². The van der Waals surface area contributed by atoms with Gasteiger partial charge in [-0.2, -0.15) is 10.1 Å². The Morgan fingerprint density at radius 3 is 2.56 bits per heavy atom. The van der Waals surface area contributed by atoms with Gasteiger partial charge in [-0.1, -0.05) is 12.8 Å². The van der Waals surface area contributed by atoms with E-state index in [1.165, 1.54) is 25.7 Å². The van der Waals surface area contributed by atoms with E-state index in [2.05, 4.69) is 25.4 Å². The molecule has 0 atom stereocenters. The first-order chi connectivity index (χ1) is 12.3. The SMILES string of the molecule is CCOC(=O)c1ccc(Nc2nncc(N3CCCCCC3)n2)cc1. The van der Waals surface area contributed by atoms with E-state index >= 15 is 0 Å². The van der Waals surface area contributed by atoms with Crippen LogP contribution in [0.5, 0.6) is 0 Å². The van der Waals surface area contributed by atoms with Crippen molar-refractivity contribution in [3.05, 3.63) is 36.0 Å². The van der Waals surface area contributed by atoms with Crippen LogP contribution in [-0.4, -0.2) is 40.8 Å². The number of nitrogens with zero attached hydrogens (tertiary/aromatic N) is 4. The van der Waals surface area contributed by atoms with Gasteiger partial charge in [0.2, 0.25) is 5.95 Å². The van der Waals surface area contributed by atoms with Gasteiger partial charge in [-0.3, -0.25) is 0 Å². The molecule has 132 valence electrons. The van der Waals surface area contributed by atoms with Crippen molar-refractivity contribution in [2.75, 3.05) is 29.9 Å². The van der Waals surface area contributed by atoms with Crippen LogP contribution in [0.4, 0.5) is 17.5 Å². The second-order valence-corrected chi connectivity index (χ2v) is 5.96. The molecule has 2 heterocycles. The maximum Gasteiger partial charge on any atom is 0.338 e. The molecule has 0 unspecified atom stereocenters. The van der Waals surface area contributed by atoms with Crippen LogP contribution in [0.25, 0.3) is 0 Å². The number of carbonyl (C=O) groups excluding carboxylic acids is 1. The van der Waals surface area contributed by atoms with Gasteiger partial charge in [-0.05, 0) is 44.0 Å². The Kier molecular flexibility index (Phi) is 5.77. The predicted octanol–water partition coefficient (Wildman–Crippen LogP) is 3.17. The number of ether oxygens (including phenoxy) is 1. The fourth-order valence-corrected chi connectivity index (χ4v) is 2.83. The van der Waals surface area contributed by atoms with Crippen molar-refractivity contribution in [1.82, 2.24) is 15.2 Å². The highest BCUT2D eigenvalue weighted by atomic mass is 16.5. The topological polar surface area (TPSA) is 80.2 Å². The summed E-state index contributed by atoms with van der Waals surface area (Å²) in [5.74, 6) is 0.975. The van der Waals surface area contributed by atoms with Crippen LogP contribution in [0.2, 0.25) is 0 Å². The molecule has 7 heteroatoms. The van der Waals surface area contributed by atoms with Gasteiger partial charge < -0.3 is 15.0 Å². The Morgan fingerprint density at radius 2 is 1.88 bits per heavy atom. The first kappa shape index (κ1) is 17.1. The van der Waals surface area contributed by atoms with Crippen LogP contribution < -0.4 is 10.2 Å². The highest BCUT2D eigenvalue weighted by molar-refractivity contribution is 5.89. The highest BCUT2D eigenvalue weighted by Gasteiger charge is 2.13. The number of carbonyl (C=O) groups is 1. The van der Waals surface area contributed by atoms with Crippen molar-refractivity contribution in [2.24, 2.45) is 0 Å². The predicted molar refractivity (Wildman–Crippen MR) is 96.2 cm³/mol. The third-order valence-corrected chi connectivity index (χ3v) is 4.13. The van der Waals surface area contributed by atoms with E-state index in [-0.39, 0.29) is 5.97 Å². The molecule has 25 heavy (non-hydrogen) atoms. The average molecular weight is 341 g/mol. The third-order valence-electron chi connectivity index (χ3n) is 4.13. The molecule has 1 aliphatic heterocycles. The second-order valence-electron chi connectivity index (χ2n) is 5.96. The number of esters is 1. The standard InChI is InChI=1S/C18H23N5O2/c1-2-25-17(24)14-7-9-15(10-8-14)20-18-21-16(13-19-22-18)23-11-5-3-4-6-12-23/h7-10,13H,2-6,11-12H2,1H3,(H,20,21,22). The van der Waals surface area contributed by atoms with Gasteiger partial charge in [0.25, 0.3) is 0 Å². The monoisotopic (exact) mass is 341 g/mol. The molecule has 0 spiro atoms. The molecule has 1 aliphatic rings. The van der Waals surface area contributed by atoms with Crippen LogP contribution in [0.15, 0.2) is 30.5 Å². The summed E-state index contributed by atoms with van der Waals surface area (Å²) in [4.78, 5) is 18.5. The zero-order valence-corrected chi connectivity index (χ0v) is 14.4. The van der Waals surface area contributed by atoms with Gasteiger partial charge in [0.05, 0.1) is 18.4 Å². The molecule has 1 aromatic heterocycles. The average Bonchev–Trinajstić information content (AvgIpc) is 2.92. The smallest absolute Gasteiger partial charge is 0.338 e. The fourth-order valence-electron chi connectivity index (χ4n) is 2.83. The van der Waals surface area contributed by atoms with Gasteiger partial charge in [0.1, 0.15) is 0 Å². The molecular weight excluding hydrogens is 318 g/mol. The maximum atomic E-state index is 11.7. The number of hydrogen-bond donors (Lipinski definition) is 1. The minimum absolute atomic E-state index is 0.324. The van der Waals surface area contributed by atoms with E-state index in [0.717, 1.165) is 24.6 Å². The molecule has 7 nitrogen and oxygen atoms in total. The molecule has 0 bridgehead atoms. The Labute approximate surface area is 147 Å². The number of aromatic nitrogens is 3. The minimum Gasteiger partial charge on any atom is -0.462 e. The molecule has 1 N–H and O–H groups in total. The summed E-state index contributed by atoms with van der Waals surface area (Å²) in [6, 6.07) is 7.03. The number of hydrogen-bond acceptors (Lipinski definition) is 7. The van der Waals surface area contributed by atoms with Gasteiger partial charge in [-0.25, -0.2) is 4.79 Å². The summed E-state index contributed by atoms with van der Waals surface area (Å²) in [7, 11) is 0. The van der Waals surface area contributed by atoms with Crippen molar-refractivity contribution in [3.8, 4) is 0 Å². The van der Waals surface area contributed by atoms with E-state index in [4.69, 9.17) is 4.74 Å². The first-order valence-electron chi connectivity index (χ1n) is 8.75. The Balaban J connectivity index is 1.68. The summed E-state index contributed by atoms with van der Waals surface area (Å²) in [5.41, 5.74) is 1.31. The van der Waals surface area contributed by atoms with E-state index < -0.39 is 0 Å². The number of anilines is 3. The van der Waals surface area contributed by atoms with Gasteiger partial charge in [0.15, 0.2) is 5.82 Å². The van der Waals surface area contributed by atoms with E-state index in [1.807, 2.05) is 0 Å². The third kappa shape index (κ3) is 4.65. The Hall–Kier alpha value is -2.70.